The van der Waals surface area contributed by atoms with Crippen molar-refractivity contribution >= 4 is 0 Å². The largest absolute Gasteiger partial charge is 0.327 e. The molecule has 16 heavy (non-hydrogen) atoms. The third-order valence-electron chi connectivity index (χ3n) is 3.63. The summed E-state index contributed by atoms with van der Waals surface area (Å²) in [4.78, 5) is 0. The monoisotopic (exact) mass is 221 g/mol. The second-order valence-electron chi connectivity index (χ2n) is 4.89. The van der Waals surface area contributed by atoms with Crippen LogP contribution >= 0.6 is 0 Å². The number of nitrogens with two attached hydrogens (primary N) is 1. The van der Waals surface area contributed by atoms with Gasteiger partial charge in [-0.15, -0.1) is 0 Å². The Hall–Kier alpha value is -0.830. The summed E-state index contributed by atoms with van der Waals surface area (Å²) < 4.78 is 2.15. The number of hydrogen-bond donors (Lipinski definition) is 1. The van der Waals surface area contributed by atoms with Crippen molar-refractivity contribution in [3.63, 3.8) is 0 Å². The zero-order chi connectivity index (χ0) is 11.4. The molecular weight excluding hydrogens is 198 g/mol. The molecule has 0 aliphatic heterocycles. The maximum atomic E-state index is 6.29. The van der Waals surface area contributed by atoms with Gasteiger partial charge in [-0.3, -0.25) is 4.68 Å². The highest BCUT2D eigenvalue weighted by molar-refractivity contribution is 5.11. The standard InChI is InChI=1S/C13H23N3/c1-2-10-16-13(8-9-15-16)11-6-4-3-5-7-12(11)14/h8-9,11-12H,2-7,10,14H2,1H3. The minimum atomic E-state index is 0.329. The van der Waals surface area contributed by atoms with E-state index in [0.717, 1.165) is 13.0 Å². The maximum Gasteiger partial charge on any atom is 0.0492 e. The smallest absolute Gasteiger partial charge is 0.0492 e. The van der Waals surface area contributed by atoms with E-state index in [1.807, 2.05) is 6.20 Å². The molecule has 1 aromatic heterocycles. The molecule has 0 spiro atoms. The van der Waals surface area contributed by atoms with Crippen molar-refractivity contribution in [3.05, 3.63) is 18.0 Å². The van der Waals surface area contributed by atoms with Gasteiger partial charge in [0, 0.05) is 30.4 Å². The molecule has 1 heterocycles. The van der Waals surface area contributed by atoms with Crippen molar-refractivity contribution in [1.29, 1.82) is 0 Å². The summed E-state index contributed by atoms with van der Waals surface area (Å²) in [5, 5.41) is 4.41. The van der Waals surface area contributed by atoms with Gasteiger partial charge >= 0.3 is 0 Å². The van der Waals surface area contributed by atoms with Crippen molar-refractivity contribution in [2.45, 2.75) is 64.0 Å². The van der Waals surface area contributed by atoms with Gasteiger partial charge in [-0.1, -0.05) is 26.2 Å². The third kappa shape index (κ3) is 2.46. The molecule has 2 unspecified atom stereocenters. The Balaban J connectivity index is 2.16. The Morgan fingerprint density at radius 1 is 1.38 bits per heavy atom. The summed E-state index contributed by atoms with van der Waals surface area (Å²) in [6.45, 7) is 3.21. The molecule has 2 N–H and O–H groups in total. The SMILES string of the molecule is CCCn1nccc1C1CCCCCC1N. The highest BCUT2D eigenvalue weighted by atomic mass is 15.3. The molecule has 1 aliphatic carbocycles. The first-order chi connectivity index (χ1) is 7.83. The van der Waals surface area contributed by atoms with E-state index in [0.29, 0.717) is 12.0 Å². The summed E-state index contributed by atoms with van der Waals surface area (Å²) in [6, 6.07) is 2.49. The first-order valence-corrected chi connectivity index (χ1v) is 6.60. The molecule has 1 fully saturated rings. The number of hydrogen-bond acceptors (Lipinski definition) is 2. The van der Waals surface area contributed by atoms with Gasteiger partial charge in [-0.25, -0.2) is 0 Å². The molecule has 2 atom stereocenters. The second kappa shape index (κ2) is 5.48. The van der Waals surface area contributed by atoms with E-state index in [1.165, 1.54) is 37.8 Å². The average Bonchev–Trinajstić information content (AvgIpc) is 2.61. The van der Waals surface area contributed by atoms with Crippen LogP contribution in [0.3, 0.4) is 0 Å². The molecule has 0 radical (unpaired) electrons. The van der Waals surface area contributed by atoms with Crippen LogP contribution in [0.1, 0.15) is 57.1 Å². The average molecular weight is 221 g/mol. The quantitative estimate of drug-likeness (QED) is 0.797. The Morgan fingerprint density at radius 2 is 2.19 bits per heavy atom. The van der Waals surface area contributed by atoms with Crippen molar-refractivity contribution in [3.8, 4) is 0 Å². The van der Waals surface area contributed by atoms with Crippen molar-refractivity contribution in [2.75, 3.05) is 0 Å². The Morgan fingerprint density at radius 3 is 3.00 bits per heavy atom. The summed E-state index contributed by atoms with van der Waals surface area (Å²) in [5.74, 6) is 0.525. The van der Waals surface area contributed by atoms with Gasteiger partial charge in [0.25, 0.3) is 0 Å². The van der Waals surface area contributed by atoms with Crippen LogP contribution in [0.5, 0.6) is 0 Å². The fraction of sp³-hybridized carbons (Fsp3) is 0.769. The molecule has 0 saturated heterocycles. The van der Waals surface area contributed by atoms with Gasteiger partial charge in [0.05, 0.1) is 0 Å². The molecular formula is C13H23N3. The fourth-order valence-corrected chi connectivity index (χ4v) is 2.76. The second-order valence-corrected chi connectivity index (χ2v) is 4.89. The van der Waals surface area contributed by atoms with E-state index in [9.17, 15) is 0 Å². The molecule has 2 rings (SSSR count). The molecule has 0 aromatic carbocycles. The van der Waals surface area contributed by atoms with Crippen LogP contribution in [0.2, 0.25) is 0 Å². The van der Waals surface area contributed by atoms with Crippen LogP contribution in [0.4, 0.5) is 0 Å². The minimum absolute atomic E-state index is 0.329. The summed E-state index contributed by atoms with van der Waals surface area (Å²) in [7, 11) is 0. The zero-order valence-corrected chi connectivity index (χ0v) is 10.2. The van der Waals surface area contributed by atoms with Crippen LogP contribution in [0, 0.1) is 0 Å². The van der Waals surface area contributed by atoms with Gasteiger partial charge in [-0.05, 0) is 25.3 Å². The van der Waals surface area contributed by atoms with E-state index in [1.54, 1.807) is 0 Å². The van der Waals surface area contributed by atoms with Crippen LogP contribution in [-0.2, 0) is 6.54 Å². The molecule has 3 heteroatoms. The molecule has 0 bridgehead atoms. The molecule has 0 amide bonds. The normalized spacial score (nSPS) is 26.6. The van der Waals surface area contributed by atoms with Crippen LogP contribution < -0.4 is 5.73 Å². The predicted molar refractivity (Wildman–Crippen MR) is 66.3 cm³/mol. The van der Waals surface area contributed by atoms with E-state index in [-0.39, 0.29) is 0 Å². The van der Waals surface area contributed by atoms with Gasteiger partial charge < -0.3 is 5.73 Å². The van der Waals surface area contributed by atoms with Gasteiger partial charge in [0.1, 0.15) is 0 Å². The van der Waals surface area contributed by atoms with E-state index >= 15 is 0 Å². The lowest BCUT2D eigenvalue weighted by atomic mass is 9.92. The Bertz CT molecular complexity index is 319. The first-order valence-electron chi connectivity index (χ1n) is 6.60. The summed E-state index contributed by atoms with van der Waals surface area (Å²) in [6.07, 6.45) is 9.40. The molecule has 90 valence electrons. The lowest BCUT2D eigenvalue weighted by Crippen LogP contribution is -2.29. The number of rotatable bonds is 3. The fourth-order valence-electron chi connectivity index (χ4n) is 2.76. The number of aryl methyl sites for hydroxylation is 1. The van der Waals surface area contributed by atoms with Crippen LogP contribution in [0.25, 0.3) is 0 Å². The van der Waals surface area contributed by atoms with Crippen molar-refractivity contribution in [2.24, 2.45) is 5.73 Å². The van der Waals surface area contributed by atoms with E-state index < -0.39 is 0 Å². The highest BCUT2D eigenvalue weighted by Crippen LogP contribution is 2.30. The van der Waals surface area contributed by atoms with Crippen molar-refractivity contribution in [1.82, 2.24) is 9.78 Å². The molecule has 1 aromatic rings. The predicted octanol–water partition coefficient (Wildman–Crippen LogP) is 2.67. The molecule has 3 nitrogen and oxygen atoms in total. The Labute approximate surface area is 98.0 Å². The minimum Gasteiger partial charge on any atom is -0.327 e. The first kappa shape index (κ1) is 11.6. The maximum absolute atomic E-state index is 6.29. The van der Waals surface area contributed by atoms with E-state index in [4.69, 9.17) is 5.73 Å². The molecule has 1 aliphatic rings. The zero-order valence-electron chi connectivity index (χ0n) is 10.2. The molecule has 1 saturated carbocycles. The van der Waals surface area contributed by atoms with Gasteiger partial charge in [0.15, 0.2) is 0 Å². The van der Waals surface area contributed by atoms with E-state index in [2.05, 4.69) is 22.8 Å². The summed E-state index contributed by atoms with van der Waals surface area (Å²) in [5.41, 5.74) is 7.65. The third-order valence-corrected chi connectivity index (χ3v) is 3.63. The Kier molecular flexibility index (Phi) is 3.99. The lowest BCUT2D eigenvalue weighted by molar-refractivity contribution is 0.455. The lowest BCUT2D eigenvalue weighted by Gasteiger charge is -2.22. The number of nitrogens with zero attached hydrogens (tertiary/aromatic N) is 2. The highest BCUT2D eigenvalue weighted by Gasteiger charge is 2.24. The number of aromatic nitrogens is 2. The van der Waals surface area contributed by atoms with Gasteiger partial charge in [0.2, 0.25) is 0 Å². The van der Waals surface area contributed by atoms with Gasteiger partial charge in [-0.2, -0.15) is 5.10 Å². The van der Waals surface area contributed by atoms with Crippen LogP contribution in [-0.4, -0.2) is 15.8 Å². The summed E-state index contributed by atoms with van der Waals surface area (Å²) >= 11 is 0. The van der Waals surface area contributed by atoms with Crippen LogP contribution in [0.15, 0.2) is 12.3 Å². The topological polar surface area (TPSA) is 43.8 Å². The van der Waals surface area contributed by atoms with Crippen molar-refractivity contribution < 1.29 is 0 Å².